The molecule has 2 aliphatic rings. The Morgan fingerprint density at radius 1 is 1.27 bits per heavy atom. The van der Waals surface area contributed by atoms with Gasteiger partial charge in [0.05, 0.1) is 19.3 Å². The Labute approximate surface area is 178 Å². The van der Waals surface area contributed by atoms with Gasteiger partial charge in [-0.05, 0) is 43.7 Å². The van der Waals surface area contributed by atoms with Crippen molar-refractivity contribution in [2.75, 3.05) is 24.7 Å². The van der Waals surface area contributed by atoms with E-state index in [0.717, 1.165) is 38.2 Å². The maximum absolute atomic E-state index is 11.1. The summed E-state index contributed by atoms with van der Waals surface area (Å²) in [5, 5.41) is 2.85. The summed E-state index contributed by atoms with van der Waals surface area (Å²) in [6, 6.07) is 12.7. The standard InChI is InChI=1S/C24H31N3O3/c1-17(26-18(2)28)15-29-21-12-20(13-21)16-30-24-22-9-11-27(23(22)8-10-25-24)14-19-6-4-3-5-7-19/h3-8,10,17,20-21H,9,11-16H2,1-2H3,(H,26,28)/t17-,20?,21?/m0/s1. The van der Waals surface area contributed by atoms with Crippen LogP contribution in [0.2, 0.25) is 0 Å². The van der Waals surface area contributed by atoms with Crippen LogP contribution in [0.25, 0.3) is 0 Å². The number of anilines is 1. The normalized spacial score (nSPS) is 20.9. The van der Waals surface area contributed by atoms with Gasteiger partial charge in [-0.2, -0.15) is 0 Å². The molecule has 2 aromatic rings. The van der Waals surface area contributed by atoms with E-state index in [2.05, 4.69) is 51.6 Å². The maximum Gasteiger partial charge on any atom is 0.218 e. The van der Waals surface area contributed by atoms with Crippen LogP contribution in [0.15, 0.2) is 42.6 Å². The van der Waals surface area contributed by atoms with Crippen LogP contribution in [0.5, 0.6) is 5.88 Å². The van der Waals surface area contributed by atoms with Crippen LogP contribution in [0, 0.1) is 5.92 Å². The fourth-order valence-corrected chi connectivity index (χ4v) is 4.27. The number of fused-ring (bicyclic) bond motifs is 1. The number of aromatic nitrogens is 1. The minimum Gasteiger partial charge on any atom is -0.477 e. The van der Waals surface area contributed by atoms with Gasteiger partial charge in [0.15, 0.2) is 0 Å². The average Bonchev–Trinajstić information content (AvgIpc) is 3.10. The number of hydrogen-bond donors (Lipinski definition) is 1. The van der Waals surface area contributed by atoms with E-state index >= 15 is 0 Å². The smallest absolute Gasteiger partial charge is 0.218 e. The molecule has 2 heterocycles. The topological polar surface area (TPSA) is 63.7 Å². The lowest BCUT2D eigenvalue weighted by molar-refractivity contribution is -0.120. The molecule has 1 N–H and O–H groups in total. The van der Waals surface area contributed by atoms with Crippen LogP contribution < -0.4 is 15.0 Å². The number of nitrogens with one attached hydrogen (secondary N) is 1. The molecule has 4 rings (SSSR count). The Bertz CT molecular complexity index is 852. The summed E-state index contributed by atoms with van der Waals surface area (Å²) < 4.78 is 12.0. The second-order valence-corrected chi connectivity index (χ2v) is 8.48. The SMILES string of the molecule is CC(=O)N[C@@H](C)COC1CC(COc2nccc3c2CCN3Cc2ccccc2)C1. The number of benzene rings is 1. The summed E-state index contributed by atoms with van der Waals surface area (Å²) in [7, 11) is 0. The molecule has 0 unspecified atom stereocenters. The largest absolute Gasteiger partial charge is 0.477 e. The van der Waals surface area contributed by atoms with Crippen molar-refractivity contribution in [3.63, 3.8) is 0 Å². The fourth-order valence-electron chi connectivity index (χ4n) is 4.27. The number of ether oxygens (including phenoxy) is 2. The van der Waals surface area contributed by atoms with Gasteiger partial charge in [-0.25, -0.2) is 4.98 Å². The lowest BCUT2D eigenvalue weighted by Gasteiger charge is -2.35. The highest BCUT2D eigenvalue weighted by molar-refractivity contribution is 5.73. The zero-order valence-electron chi connectivity index (χ0n) is 17.8. The van der Waals surface area contributed by atoms with Crippen LogP contribution in [-0.4, -0.2) is 42.8 Å². The molecule has 0 spiro atoms. The van der Waals surface area contributed by atoms with Crippen LogP contribution in [-0.2, 0) is 22.5 Å². The molecule has 1 aliphatic heterocycles. The highest BCUT2D eigenvalue weighted by Gasteiger charge is 2.31. The van der Waals surface area contributed by atoms with E-state index in [1.165, 1.54) is 23.7 Å². The second-order valence-electron chi connectivity index (χ2n) is 8.48. The third-order valence-corrected chi connectivity index (χ3v) is 5.86. The fraction of sp³-hybridized carbons (Fsp3) is 0.500. The third kappa shape index (κ3) is 5.11. The monoisotopic (exact) mass is 409 g/mol. The van der Waals surface area contributed by atoms with Gasteiger partial charge in [-0.3, -0.25) is 4.79 Å². The molecule has 1 saturated carbocycles. The Hall–Kier alpha value is -2.60. The molecule has 160 valence electrons. The average molecular weight is 410 g/mol. The Morgan fingerprint density at radius 2 is 2.07 bits per heavy atom. The number of rotatable bonds is 9. The van der Waals surface area contributed by atoms with Crippen molar-refractivity contribution in [3.05, 3.63) is 53.7 Å². The molecule has 30 heavy (non-hydrogen) atoms. The van der Waals surface area contributed by atoms with Crippen molar-refractivity contribution >= 4 is 11.6 Å². The number of carbonyl (C=O) groups is 1. The first-order valence-corrected chi connectivity index (χ1v) is 10.9. The van der Waals surface area contributed by atoms with Crippen LogP contribution in [0.3, 0.4) is 0 Å². The molecular formula is C24H31N3O3. The van der Waals surface area contributed by atoms with Gasteiger partial charge >= 0.3 is 0 Å². The molecule has 6 heteroatoms. The molecular weight excluding hydrogens is 378 g/mol. The van der Waals surface area contributed by atoms with E-state index < -0.39 is 0 Å². The zero-order chi connectivity index (χ0) is 20.9. The van der Waals surface area contributed by atoms with Gasteiger partial charge < -0.3 is 19.7 Å². The first-order valence-electron chi connectivity index (χ1n) is 10.9. The molecule has 1 aromatic carbocycles. The Balaban J connectivity index is 1.24. The quantitative estimate of drug-likeness (QED) is 0.688. The van der Waals surface area contributed by atoms with Crippen molar-refractivity contribution in [1.29, 1.82) is 0 Å². The lowest BCUT2D eigenvalue weighted by Crippen LogP contribution is -2.40. The maximum atomic E-state index is 11.1. The minimum absolute atomic E-state index is 0.0174. The third-order valence-electron chi connectivity index (χ3n) is 5.86. The van der Waals surface area contributed by atoms with Crippen LogP contribution in [0.4, 0.5) is 5.69 Å². The van der Waals surface area contributed by atoms with Crippen LogP contribution in [0.1, 0.15) is 37.8 Å². The molecule has 0 radical (unpaired) electrons. The number of carbonyl (C=O) groups excluding carboxylic acids is 1. The van der Waals surface area contributed by atoms with E-state index in [1.54, 1.807) is 0 Å². The summed E-state index contributed by atoms with van der Waals surface area (Å²) >= 11 is 0. The number of nitrogens with zero attached hydrogens (tertiary/aromatic N) is 2. The molecule has 1 amide bonds. The summed E-state index contributed by atoms with van der Waals surface area (Å²) in [4.78, 5) is 18.0. The van der Waals surface area contributed by atoms with Crippen molar-refractivity contribution in [2.45, 2.75) is 51.8 Å². The number of amides is 1. The van der Waals surface area contributed by atoms with Gasteiger partial charge in [0.25, 0.3) is 0 Å². The van der Waals surface area contributed by atoms with E-state index in [9.17, 15) is 4.79 Å². The van der Waals surface area contributed by atoms with Crippen molar-refractivity contribution in [2.24, 2.45) is 5.92 Å². The van der Waals surface area contributed by atoms with Crippen molar-refractivity contribution < 1.29 is 14.3 Å². The predicted molar refractivity (Wildman–Crippen MR) is 117 cm³/mol. The predicted octanol–water partition coefficient (Wildman–Crippen LogP) is 3.34. The van der Waals surface area contributed by atoms with Crippen molar-refractivity contribution in [3.8, 4) is 5.88 Å². The second kappa shape index (κ2) is 9.47. The van der Waals surface area contributed by atoms with E-state index in [-0.39, 0.29) is 18.1 Å². The molecule has 0 bridgehead atoms. The van der Waals surface area contributed by atoms with Gasteiger partial charge in [0.1, 0.15) is 0 Å². The van der Waals surface area contributed by atoms with Gasteiger partial charge in [-0.1, -0.05) is 30.3 Å². The summed E-state index contributed by atoms with van der Waals surface area (Å²) in [5.74, 6) is 1.27. The van der Waals surface area contributed by atoms with Crippen molar-refractivity contribution in [1.82, 2.24) is 10.3 Å². The van der Waals surface area contributed by atoms with E-state index in [4.69, 9.17) is 9.47 Å². The van der Waals surface area contributed by atoms with Gasteiger partial charge in [-0.15, -0.1) is 0 Å². The van der Waals surface area contributed by atoms with E-state index in [1.807, 2.05) is 13.1 Å². The Morgan fingerprint density at radius 3 is 2.83 bits per heavy atom. The highest BCUT2D eigenvalue weighted by Crippen LogP contribution is 2.36. The molecule has 0 saturated heterocycles. The first kappa shape index (κ1) is 20.7. The van der Waals surface area contributed by atoms with Crippen LogP contribution >= 0.6 is 0 Å². The number of pyridine rings is 1. The zero-order valence-corrected chi connectivity index (χ0v) is 17.8. The molecule has 1 fully saturated rings. The first-order chi connectivity index (χ1) is 14.6. The van der Waals surface area contributed by atoms with E-state index in [0.29, 0.717) is 19.1 Å². The molecule has 1 atom stereocenters. The summed E-state index contributed by atoms with van der Waals surface area (Å²) in [6.07, 6.45) is 5.10. The molecule has 1 aliphatic carbocycles. The lowest BCUT2D eigenvalue weighted by atomic mass is 9.83. The summed E-state index contributed by atoms with van der Waals surface area (Å²) in [6.45, 7) is 6.64. The molecule has 6 nitrogen and oxygen atoms in total. The minimum atomic E-state index is -0.0174. The van der Waals surface area contributed by atoms with Gasteiger partial charge in [0.2, 0.25) is 11.8 Å². The Kier molecular flexibility index (Phi) is 6.53. The van der Waals surface area contributed by atoms with Gasteiger partial charge in [0, 0.05) is 43.5 Å². The molecule has 1 aromatic heterocycles. The number of hydrogen-bond acceptors (Lipinski definition) is 5. The highest BCUT2D eigenvalue weighted by atomic mass is 16.5. The summed E-state index contributed by atoms with van der Waals surface area (Å²) in [5.41, 5.74) is 3.79.